The topological polar surface area (TPSA) is 90.1 Å². The first-order chi connectivity index (χ1) is 12.8. The summed E-state index contributed by atoms with van der Waals surface area (Å²) in [5.41, 5.74) is 1.14. The maximum absolute atomic E-state index is 11.8. The highest BCUT2D eigenvalue weighted by molar-refractivity contribution is 6.76. The number of rotatable bonds is 11. The van der Waals surface area contributed by atoms with E-state index < -0.39 is 20.0 Å². The zero-order valence-corrected chi connectivity index (χ0v) is 17.6. The molecule has 0 aliphatic heterocycles. The standard InChI is InChI=1S/C19H30N4O3Si/c1-15(16-8-6-5-7-9-16)12-17(19(24)25)13-18-20-21-22-23(18)14-26-10-11-27(2,3)4/h5-9,15,17H,10-14H2,1-4H3,(H,24,25)/t15?,17-/m0/s1. The van der Waals surface area contributed by atoms with Crippen molar-refractivity contribution < 1.29 is 14.6 Å². The van der Waals surface area contributed by atoms with Crippen LogP contribution in [0.5, 0.6) is 0 Å². The molecule has 0 aliphatic carbocycles. The molecular weight excluding hydrogens is 360 g/mol. The lowest BCUT2D eigenvalue weighted by Gasteiger charge is -2.18. The summed E-state index contributed by atoms with van der Waals surface area (Å²) in [4.78, 5) is 11.8. The number of tetrazole rings is 1. The first-order valence-electron chi connectivity index (χ1n) is 9.37. The highest BCUT2D eigenvalue weighted by atomic mass is 28.3. The van der Waals surface area contributed by atoms with E-state index >= 15 is 0 Å². The molecule has 0 fully saturated rings. The smallest absolute Gasteiger partial charge is 0.306 e. The highest BCUT2D eigenvalue weighted by Crippen LogP contribution is 2.25. The number of hydrogen-bond donors (Lipinski definition) is 1. The molecule has 2 rings (SSSR count). The summed E-state index contributed by atoms with van der Waals surface area (Å²) >= 11 is 0. The molecule has 1 aromatic carbocycles. The first-order valence-corrected chi connectivity index (χ1v) is 13.1. The van der Waals surface area contributed by atoms with Crippen molar-refractivity contribution in [3.05, 3.63) is 41.7 Å². The van der Waals surface area contributed by atoms with Gasteiger partial charge in [-0.1, -0.05) is 56.9 Å². The van der Waals surface area contributed by atoms with Crippen molar-refractivity contribution in [3.8, 4) is 0 Å². The molecule has 27 heavy (non-hydrogen) atoms. The Balaban J connectivity index is 1.95. The van der Waals surface area contributed by atoms with Crippen molar-refractivity contribution in [2.75, 3.05) is 6.61 Å². The van der Waals surface area contributed by atoms with E-state index in [4.69, 9.17) is 4.74 Å². The molecule has 0 radical (unpaired) electrons. The van der Waals surface area contributed by atoms with Crippen LogP contribution in [-0.4, -0.2) is 46.0 Å². The summed E-state index contributed by atoms with van der Waals surface area (Å²) in [6.45, 7) is 9.86. The van der Waals surface area contributed by atoms with E-state index in [2.05, 4.69) is 35.2 Å². The molecule has 2 aromatic rings. The van der Waals surface area contributed by atoms with Crippen LogP contribution >= 0.6 is 0 Å². The number of ether oxygens (including phenoxy) is 1. The molecule has 1 N–H and O–H groups in total. The SMILES string of the molecule is CC(C[C@@H](Cc1nnnn1COCC[Si](C)(C)C)C(=O)O)c1ccccc1. The van der Waals surface area contributed by atoms with Crippen LogP contribution < -0.4 is 0 Å². The zero-order valence-electron chi connectivity index (χ0n) is 16.6. The Hall–Kier alpha value is -2.06. The molecule has 7 nitrogen and oxygen atoms in total. The minimum absolute atomic E-state index is 0.143. The third kappa shape index (κ3) is 7.22. The fourth-order valence-electron chi connectivity index (χ4n) is 2.84. The van der Waals surface area contributed by atoms with Crippen LogP contribution in [0.4, 0.5) is 0 Å². The van der Waals surface area contributed by atoms with E-state index in [0.717, 1.165) is 11.6 Å². The number of carbonyl (C=O) groups is 1. The minimum atomic E-state index is -1.15. The molecule has 0 saturated carbocycles. The number of benzene rings is 1. The minimum Gasteiger partial charge on any atom is -0.481 e. The van der Waals surface area contributed by atoms with Gasteiger partial charge in [0.2, 0.25) is 0 Å². The third-order valence-corrected chi connectivity index (χ3v) is 6.31. The van der Waals surface area contributed by atoms with Gasteiger partial charge in [0, 0.05) is 21.1 Å². The molecule has 1 heterocycles. The Labute approximate surface area is 161 Å². The van der Waals surface area contributed by atoms with E-state index in [0.29, 0.717) is 18.9 Å². The molecule has 0 amide bonds. The van der Waals surface area contributed by atoms with Crippen LogP contribution in [-0.2, 0) is 22.7 Å². The fourth-order valence-corrected chi connectivity index (χ4v) is 3.59. The van der Waals surface area contributed by atoms with Crippen LogP contribution in [0.1, 0.15) is 30.7 Å². The maximum atomic E-state index is 11.8. The van der Waals surface area contributed by atoms with Gasteiger partial charge in [0.25, 0.3) is 0 Å². The lowest BCUT2D eigenvalue weighted by atomic mass is 9.88. The van der Waals surface area contributed by atoms with Gasteiger partial charge in [-0.05, 0) is 34.4 Å². The van der Waals surface area contributed by atoms with E-state index in [1.165, 1.54) is 0 Å². The van der Waals surface area contributed by atoms with Gasteiger partial charge < -0.3 is 9.84 Å². The molecule has 0 bridgehead atoms. The maximum Gasteiger partial charge on any atom is 0.306 e. The van der Waals surface area contributed by atoms with Crippen LogP contribution in [0.2, 0.25) is 25.7 Å². The van der Waals surface area contributed by atoms with E-state index in [1.807, 2.05) is 37.3 Å². The van der Waals surface area contributed by atoms with E-state index in [9.17, 15) is 9.90 Å². The molecule has 0 saturated heterocycles. The molecule has 0 spiro atoms. The molecule has 8 heteroatoms. The summed E-state index contributed by atoms with van der Waals surface area (Å²) < 4.78 is 7.26. The van der Waals surface area contributed by atoms with Gasteiger partial charge in [-0.3, -0.25) is 4.79 Å². The molecule has 1 aromatic heterocycles. The van der Waals surface area contributed by atoms with Crippen molar-refractivity contribution in [1.82, 2.24) is 20.2 Å². The average molecular weight is 391 g/mol. The van der Waals surface area contributed by atoms with E-state index in [-0.39, 0.29) is 19.1 Å². The summed E-state index contributed by atoms with van der Waals surface area (Å²) in [6.07, 6.45) is 0.819. The Morgan fingerprint density at radius 3 is 2.59 bits per heavy atom. The van der Waals surface area contributed by atoms with E-state index in [1.54, 1.807) is 4.68 Å². The fraction of sp³-hybridized carbons (Fsp3) is 0.579. The first kappa shape index (κ1) is 21.2. The zero-order chi connectivity index (χ0) is 19.9. The molecular formula is C19H30N4O3Si. The second-order valence-corrected chi connectivity index (χ2v) is 13.9. The Morgan fingerprint density at radius 2 is 1.96 bits per heavy atom. The molecule has 0 aliphatic rings. The van der Waals surface area contributed by atoms with Crippen LogP contribution in [0.25, 0.3) is 0 Å². The molecule has 1 unspecified atom stereocenters. The van der Waals surface area contributed by atoms with Gasteiger partial charge in [-0.25, -0.2) is 4.68 Å². The highest BCUT2D eigenvalue weighted by Gasteiger charge is 2.24. The largest absolute Gasteiger partial charge is 0.481 e. The Kier molecular flexibility index (Phi) is 7.67. The predicted molar refractivity (Wildman–Crippen MR) is 106 cm³/mol. The van der Waals surface area contributed by atoms with Gasteiger partial charge in [0.15, 0.2) is 5.82 Å². The van der Waals surface area contributed by atoms with Gasteiger partial charge in [-0.15, -0.1) is 5.10 Å². The number of carboxylic acids is 1. The van der Waals surface area contributed by atoms with Crippen LogP contribution in [0.15, 0.2) is 30.3 Å². The van der Waals surface area contributed by atoms with Gasteiger partial charge in [0.05, 0.1) is 5.92 Å². The van der Waals surface area contributed by atoms with Crippen LogP contribution in [0, 0.1) is 5.92 Å². The van der Waals surface area contributed by atoms with Gasteiger partial charge >= 0.3 is 5.97 Å². The number of nitrogens with zero attached hydrogens (tertiary/aromatic N) is 4. The lowest BCUT2D eigenvalue weighted by molar-refractivity contribution is -0.142. The quantitative estimate of drug-likeness (QED) is 0.467. The van der Waals surface area contributed by atoms with Crippen molar-refractivity contribution >= 4 is 14.0 Å². The Morgan fingerprint density at radius 1 is 1.26 bits per heavy atom. The summed E-state index contributed by atoms with van der Waals surface area (Å²) in [5.74, 6) is -0.681. The second-order valence-electron chi connectivity index (χ2n) is 8.23. The van der Waals surface area contributed by atoms with Crippen molar-refractivity contribution in [2.45, 2.75) is 58.1 Å². The second kappa shape index (κ2) is 9.75. The molecule has 148 valence electrons. The lowest BCUT2D eigenvalue weighted by Crippen LogP contribution is -2.23. The number of aliphatic carboxylic acids is 1. The normalized spacial score (nSPS) is 14.1. The van der Waals surface area contributed by atoms with Gasteiger partial charge in [0.1, 0.15) is 6.73 Å². The van der Waals surface area contributed by atoms with Crippen LogP contribution in [0.3, 0.4) is 0 Å². The number of hydrogen-bond acceptors (Lipinski definition) is 5. The predicted octanol–water partition coefficient (Wildman–Crippen LogP) is 3.42. The van der Waals surface area contributed by atoms with Crippen molar-refractivity contribution in [3.63, 3.8) is 0 Å². The average Bonchev–Trinajstić information content (AvgIpc) is 3.05. The summed E-state index contributed by atoms with van der Waals surface area (Å²) in [7, 11) is -1.15. The monoisotopic (exact) mass is 390 g/mol. The van der Waals surface area contributed by atoms with Crippen molar-refractivity contribution in [1.29, 1.82) is 0 Å². The summed E-state index contributed by atoms with van der Waals surface area (Å²) in [5, 5.41) is 21.3. The number of aromatic nitrogens is 4. The molecule has 2 atom stereocenters. The van der Waals surface area contributed by atoms with Crippen molar-refractivity contribution in [2.24, 2.45) is 5.92 Å². The summed E-state index contributed by atoms with van der Waals surface area (Å²) in [6, 6.07) is 11.0. The number of carboxylic acid groups (broad SMARTS) is 1. The Bertz CT molecular complexity index is 715. The van der Waals surface area contributed by atoms with Gasteiger partial charge in [-0.2, -0.15) is 0 Å². The third-order valence-electron chi connectivity index (χ3n) is 4.60.